The van der Waals surface area contributed by atoms with Crippen LogP contribution in [0.1, 0.15) is 23.2 Å². The molecule has 2 rings (SSSR count). The van der Waals surface area contributed by atoms with Crippen LogP contribution in [0.4, 0.5) is 5.69 Å². The third-order valence-corrected chi connectivity index (χ3v) is 3.80. The Morgan fingerprint density at radius 2 is 1.96 bits per heavy atom. The summed E-state index contributed by atoms with van der Waals surface area (Å²) in [6.07, 6.45) is 1.86. The second-order valence-electron chi connectivity index (χ2n) is 5.94. The monoisotopic (exact) mass is 340 g/mol. The molecule has 1 saturated heterocycles. The van der Waals surface area contributed by atoms with Crippen molar-refractivity contribution in [3.63, 3.8) is 0 Å². The smallest absolute Gasteiger partial charge is 0.253 e. The average Bonchev–Trinajstić information content (AvgIpc) is 2.49. The number of likely N-dealkylation sites (tertiary alicyclic amines) is 1. The molecule has 3 N–H and O–H groups in total. The van der Waals surface area contributed by atoms with Gasteiger partial charge < -0.3 is 16.0 Å². The van der Waals surface area contributed by atoms with Crippen molar-refractivity contribution in [1.29, 1.82) is 0 Å². The number of hydrogen-bond acceptors (Lipinski definition) is 4. The molecule has 0 bridgehead atoms. The molecule has 0 aromatic heterocycles. The van der Waals surface area contributed by atoms with Gasteiger partial charge in [0, 0.05) is 44.5 Å². The lowest BCUT2D eigenvalue weighted by Gasteiger charge is -2.29. The molecule has 128 valence electrons. The zero-order valence-corrected chi connectivity index (χ0v) is 14.4. The van der Waals surface area contributed by atoms with Crippen LogP contribution < -0.4 is 11.1 Å². The number of amides is 2. The van der Waals surface area contributed by atoms with Crippen LogP contribution >= 0.6 is 12.4 Å². The number of hydrogen-bond donors (Lipinski definition) is 2. The number of rotatable bonds is 4. The van der Waals surface area contributed by atoms with Crippen LogP contribution in [0.25, 0.3) is 0 Å². The summed E-state index contributed by atoms with van der Waals surface area (Å²) in [6, 6.07) is 7.26. The van der Waals surface area contributed by atoms with Crippen LogP contribution in [0.3, 0.4) is 0 Å². The number of carbonyl (C=O) groups is 2. The fraction of sp³-hybridized carbons (Fsp3) is 0.500. The molecule has 2 amide bonds. The molecule has 0 aliphatic carbocycles. The Morgan fingerprint density at radius 1 is 1.30 bits per heavy atom. The van der Waals surface area contributed by atoms with E-state index in [9.17, 15) is 9.59 Å². The van der Waals surface area contributed by atoms with Gasteiger partial charge in [0.25, 0.3) is 5.91 Å². The van der Waals surface area contributed by atoms with E-state index in [1.807, 2.05) is 0 Å². The van der Waals surface area contributed by atoms with E-state index in [0.29, 0.717) is 17.8 Å². The molecule has 1 heterocycles. The minimum absolute atomic E-state index is 0. The number of halogens is 1. The van der Waals surface area contributed by atoms with E-state index >= 15 is 0 Å². The van der Waals surface area contributed by atoms with Crippen molar-refractivity contribution in [2.45, 2.75) is 18.9 Å². The maximum atomic E-state index is 12.1. The summed E-state index contributed by atoms with van der Waals surface area (Å²) < 4.78 is 0. The number of benzene rings is 1. The number of nitrogens with two attached hydrogens (primary N) is 1. The van der Waals surface area contributed by atoms with Crippen molar-refractivity contribution >= 4 is 29.9 Å². The molecule has 0 atom stereocenters. The van der Waals surface area contributed by atoms with Crippen LogP contribution in [-0.4, -0.2) is 61.4 Å². The molecule has 7 heteroatoms. The highest BCUT2D eigenvalue weighted by Crippen LogP contribution is 2.13. The average molecular weight is 341 g/mol. The predicted octanol–water partition coefficient (Wildman–Crippen LogP) is 1.17. The largest absolute Gasteiger partial charge is 0.345 e. The Hall–Kier alpha value is -1.63. The molecule has 1 aliphatic heterocycles. The summed E-state index contributed by atoms with van der Waals surface area (Å²) in [6.45, 7) is 2.07. The lowest BCUT2D eigenvalue weighted by Crippen LogP contribution is -2.43. The van der Waals surface area contributed by atoms with Gasteiger partial charge in [0.05, 0.1) is 6.54 Å². The van der Waals surface area contributed by atoms with Crippen molar-refractivity contribution in [2.24, 2.45) is 5.73 Å². The minimum atomic E-state index is -0.0823. The molecule has 1 aromatic rings. The Bertz CT molecular complexity index is 543. The first kappa shape index (κ1) is 19.4. The summed E-state index contributed by atoms with van der Waals surface area (Å²) in [4.78, 5) is 27.6. The third kappa shape index (κ3) is 5.82. The van der Waals surface area contributed by atoms with Crippen molar-refractivity contribution in [3.05, 3.63) is 29.8 Å². The number of carbonyl (C=O) groups excluding carboxylic acids is 2. The number of piperidine rings is 1. The van der Waals surface area contributed by atoms with Crippen molar-refractivity contribution in [1.82, 2.24) is 9.80 Å². The van der Waals surface area contributed by atoms with Crippen LogP contribution in [0, 0.1) is 0 Å². The molecule has 0 spiro atoms. The van der Waals surface area contributed by atoms with Gasteiger partial charge in [-0.05, 0) is 31.0 Å². The van der Waals surface area contributed by atoms with Crippen LogP contribution in [-0.2, 0) is 4.79 Å². The molecule has 1 fully saturated rings. The zero-order valence-electron chi connectivity index (χ0n) is 13.6. The zero-order chi connectivity index (χ0) is 16.1. The second-order valence-corrected chi connectivity index (χ2v) is 5.94. The standard InChI is InChI=1S/C16H24N4O2.ClH/c1-19(2)16(22)12-4-3-5-14(10-12)18-15(21)11-20-8-6-13(17)7-9-20;/h3-5,10,13H,6-9,11,17H2,1-2H3,(H,18,21);1H. The Morgan fingerprint density at radius 3 is 2.57 bits per heavy atom. The Labute approximate surface area is 143 Å². The van der Waals surface area contributed by atoms with E-state index in [0.717, 1.165) is 25.9 Å². The van der Waals surface area contributed by atoms with E-state index in [2.05, 4.69) is 10.2 Å². The lowest BCUT2D eigenvalue weighted by atomic mass is 10.1. The van der Waals surface area contributed by atoms with Gasteiger partial charge in [0.1, 0.15) is 0 Å². The number of nitrogens with one attached hydrogen (secondary N) is 1. The van der Waals surface area contributed by atoms with Gasteiger partial charge in [-0.1, -0.05) is 6.07 Å². The fourth-order valence-corrected chi connectivity index (χ4v) is 2.50. The number of anilines is 1. The molecular formula is C16H25ClN4O2. The van der Waals surface area contributed by atoms with E-state index in [1.165, 1.54) is 4.90 Å². The molecule has 0 radical (unpaired) electrons. The van der Waals surface area contributed by atoms with Crippen molar-refractivity contribution in [3.8, 4) is 0 Å². The maximum Gasteiger partial charge on any atom is 0.253 e. The highest BCUT2D eigenvalue weighted by Gasteiger charge is 2.18. The van der Waals surface area contributed by atoms with Crippen LogP contribution in [0.5, 0.6) is 0 Å². The number of nitrogens with zero attached hydrogens (tertiary/aromatic N) is 2. The Kier molecular flexibility index (Phi) is 7.48. The first-order valence-corrected chi connectivity index (χ1v) is 7.55. The highest BCUT2D eigenvalue weighted by atomic mass is 35.5. The molecular weight excluding hydrogens is 316 g/mol. The summed E-state index contributed by atoms with van der Waals surface area (Å²) >= 11 is 0. The van der Waals surface area contributed by atoms with Gasteiger partial charge in [0.15, 0.2) is 0 Å². The van der Waals surface area contributed by atoms with Crippen molar-refractivity contribution < 1.29 is 9.59 Å². The van der Waals surface area contributed by atoms with Gasteiger partial charge in [-0.15, -0.1) is 12.4 Å². The normalized spacial score (nSPS) is 15.6. The molecule has 1 aliphatic rings. The van der Waals surface area contributed by atoms with Gasteiger partial charge >= 0.3 is 0 Å². The first-order valence-electron chi connectivity index (χ1n) is 7.55. The summed E-state index contributed by atoms with van der Waals surface area (Å²) in [5, 5.41) is 2.85. The lowest BCUT2D eigenvalue weighted by molar-refractivity contribution is -0.117. The Balaban J connectivity index is 0.00000264. The van der Waals surface area contributed by atoms with Gasteiger partial charge in [-0.2, -0.15) is 0 Å². The molecule has 6 nitrogen and oxygen atoms in total. The molecule has 0 saturated carbocycles. The summed E-state index contributed by atoms with van der Waals surface area (Å²) in [7, 11) is 3.41. The van der Waals surface area contributed by atoms with Crippen LogP contribution in [0.2, 0.25) is 0 Å². The fourth-order valence-electron chi connectivity index (χ4n) is 2.50. The topological polar surface area (TPSA) is 78.7 Å². The maximum absolute atomic E-state index is 12.1. The quantitative estimate of drug-likeness (QED) is 0.862. The highest BCUT2D eigenvalue weighted by molar-refractivity contribution is 5.97. The molecule has 1 aromatic carbocycles. The minimum Gasteiger partial charge on any atom is -0.345 e. The van der Waals surface area contributed by atoms with Gasteiger partial charge in [-0.3, -0.25) is 14.5 Å². The first-order chi connectivity index (χ1) is 10.5. The third-order valence-electron chi connectivity index (χ3n) is 3.80. The summed E-state index contributed by atoms with van der Waals surface area (Å²) in [5.41, 5.74) is 7.06. The van der Waals surface area contributed by atoms with E-state index in [1.54, 1.807) is 38.4 Å². The second kappa shape index (κ2) is 8.86. The van der Waals surface area contributed by atoms with E-state index in [4.69, 9.17) is 5.73 Å². The predicted molar refractivity (Wildman–Crippen MR) is 94.0 cm³/mol. The van der Waals surface area contributed by atoms with E-state index < -0.39 is 0 Å². The van der Waals surface area contributed by atoms with Gasteiger partial charge in [-0.25, -0.2) is 0 Å². The SMILES string of the molecule is CN(C)C(=O)c1cccc(NC(=O)CN2CCC(N)CC2)c1.Cl. The van der Waals surface area contributed by atoms with Crippen molar-refractivity contribution in [2.75, 3.05) is 39.0 Å². The summed E-state index contributed by atoms with van der Waals surface area (Å²) in [5.74, 6) is -0.147. The van der Waals surface area contributed by atoms with Crippen LogP contribution in [0.15, 0.2) is 24.3 Å². The molecule has 0 unspecified atom stereocenters. The molecule has 23 heavy (non-hydrogen) atoms. The van der Waals surface area contributed by atoms with E-state index in [-0.39, 0.29) is 30.3 Å². The van der Waals surface area contributed by atoms with Gasteiger partial charge in [0.2, 0.25) is 5.91 Å².